The monoisotopic (exact) mass is 550 g/mol. The molecule has 0 bridgehead atoms. The van der Waals surface area contributed by atoms with E-state index < -0.39 is 23.9 Å². The lowest BCUT2D eigenvalue weighted by Gasteiger charge is -2.04. The summed E-state index contributed by atoms with van der Waals surface area (Å²) in [6, 6.07) is 24.6. The van der Waals surface area contributed by atoms with Gasteiger partial charge in [0, 0.05) is 23.3 Å². The highest BCUT2D eigenvalue weighted by atomic mass is 16.4. The van der Waals surface area contributed by atoms with Crippen LogP contribution in [-0.2, 0) is 0 Å². The summed E-state index contributed by atoms with van der Waals surface area (Å²) in [5.41, 5.74) is 7.38. The molecule has 10 N–H and O–H groups in total. The number of phenols is 2. The molecule has 4 aromatic rings. The Bertz CT molecular complexity index is 1250. The number of hydrogen-bond acceptors (Lipinski definition) is 8. The smallest absolute Gasteiger partial charge is 0.336 e. The normalized spacial score (nSPS) is 9.25. The van der Waals surface area contributed by atoms with Crippen LogP contribution in [0, 0.1) is 0 Å². The van der Waals surface area contributed by atoms with Crippen LogP contribution in [-0.4, -0.2) is 44.3 Å². The fourth-order valence-corrected chi connectivity index (χ4v) is 2.72. The van der Waals surface area contributed by atoms with E-state index in [9.17, 15) is 29.4 Å². The molecule has 0 atom stereocenters. The van der Waals surface area contributed by atoms with Crippen LogP contribution < -0.4 is 21.7 Å². The van der Waals surface area contributed by atoms with Crippen LogP contribution in [0.4, 0.5) is 11.4 Å². The zero-order chi connectivity index (χ0) is 30.2. The summed E-state index contributed by atoms with van der Waals surface area (Å²) in [6.07, 6.45) is 0. The number of phenolic OH excluding ortho intramolecular Hbond substituents is 2. The van der Waals surface area contributed by atoms with E-state index in [0.717, 1.165) is 0 Å². The molecule has 0 saturated carbocycles. The topological polar surface area (TPSA) is 251 Å². The highest BCUT2D eigenvalue weighted by Gasteiger charge is 2.09. The predicted molar refractivity (Wildman–Crippen MR) is 137 cm³/mol. The van der Waals surface area contributed by atoms with Gasteiger partial charge in [-0.05, 0) is 24.3 Å². The third-order valence-electron chi connectivity index (χ3n) is 4.74. The third kappa shape index (κ3) is 10.7. The third-order valence-corrected chi connectivity index (χ3v) is 4.74. The number of rotatable bonds is 4. The first-order valence-electron chi connectivity index (χ1n) is 11.1. The fourth-order valence-electron chi connectivity index (χ4n) is 2.72. The van der Waals surface area contributed by atoms with Gasteiger partial charge in [0.15, 0.2) is 22.9 Å². The van der Waals surface area contributed by atoms with Crippen molar-refractivity contribution in [3.63, 3.8) is 0 Å². The Morgan fingerprint density at radius 2 is 0.725 bits per heavy atom. The highest BCUT2D eigenvalue weighted by molar-refractivity contribution is 6.01. The van der Waals surface area contributed by atoms with Crippen molar-refractivity contribution in [3.05, 3.63) is 119 Å². The summed E-state index contributed by atoms with van der Waals surface area (Å²) in [6.45, 7) is 0. The summed E-state index contributed by atoms with van der Waals surface area (Å²) >= 11 is 0. The highest BCUT2D eigenvalue weighted by Crippen LogP contribution is 2.15. The average Bonchev–Trinajstić information content (AvgIpc) is 2.93. The molecule has 0 heterocycles. The van der Waals surface area contributed by atoms with E-state index in [2.05, 4.69) is 11.5 Å². The Morgan fingerprint density at radius 3 is 0.900 bits per heavy atom. The molecule has 0 aromatic heterocycles. The maximum atomic E-state index is 10.4. The molecule has 12 heteroatoms. The van der Waals surface area contributed by atoms with E-state index in [-0.39, 0.29) is 33.8 Å². The van der Waals surface area contributed by atoms with Crippen molar-refractivity contribution >= 4 is 35.3 Å². The Morgan fingerprint density at radius 1 is 0.475 bits per heavy atom. The minimum Gasteiger partial charge on any atom is -0.545 e. The average molecular weight is 551 g/mol. The number of benzene rings is 4. The van der Waals surface area contributed by atoms with Gasteiger partial charge in [-0.1, -0.05) is 60.7 Å². The molecular formula is C28H26N2O10. The number of para-hydroxylation sites is 2. The largest absolute Gasteiger partial charge is 0.545 e. The number of carboxylic acids is 4. The van der Waals surface area contributed by atoms with Gasteiger partial charge in [-0.25, -0.2) is 9.59 Å². The molecule has 4 aromatic carbocycles. The van der Waals surface area contributed by atoms with Gasteiger partial charge >= 0.3 is 11.9 Å². The van der Waals surface area contributed by atoms with E-state index in [0.29, 0.717) is 11.4 Å². The summed E-state index contributed by atoms with van der Waals surface area (Å²) in [5.74, 6) is -4.98. The minimum absolute atomic E-state index is 0.252. The molecule has 12 nitrogen and oxygen atoms in total. The lowest BCUT2D eigenvalue weighted by molar-refractivity contribution is -0.257. The Labute approximate surface area is 227 Å². The van der Waals surface area contributed by atoms with Gasteiger partial charge in [-0.2, -0.15) is 0 Å². The van der Waals surface area contributed by atoms with Crippen LogP contribution in [0.25, 0.3) is 0 Å². The lowest BCUT2D eigenvalue weighted by Crippen LogP contribution is -2.40. The molecule has 0 saturated heterocycles. The van der Waals surface area contributed by atoms with Crippen LogP contribution in [0.2, 0.25) is 0 Å². The van der Waals surface area contributed by atoms with E-state index in [4.69, 9.17) is 20.4 Å². The van der Waals surface area contributed by atoms with Crippen molar-refractivity contribution in [2.45, 2.75) is 0 Å². The molecular weight excluding hydrogens is 524 g/mol. The van der Waals surface area contributed by atoms with Gasteiger partial charge in [-0.3, -0.25) is 0 Å². The summed E-state index contributed by atoms with van der Waals surface area (Å²) in [7, 11) is 0. The summed E-state index contributed by atoms with van der Waals surface area (Å²) < 4.78 is 0. The van der Waals surface area contributed by atoms with Crippen molar-refractivity contribution in [3.8, 4) is 11.5 Å². The predicted octanol–water partition coefficient (Wildman–Crippen LogP) is 0.0278. The Hall–Kier alpha value is -5.72. The lowest BCUT2D eigenvalue weighted by atomic mass is 10.1. The molecule has 0 aliphatic carbocycles. The van der Waals surface area contributed by atoms with E-state index in [1.807, 2.05) is 12.1 Å². The molecule has 40 heavy (non-hydrogen) atoms. The van der Waals surface area contributed by atoms with Gasteiger partial charge in [0.25, 0.3) is 0 Å². The zero-order valence-electron chi connectivity index (χ0n) is 20.9. The molecule has 0 radical (unpaired) electrons. The molecule has 4 rings (SSSR count). The van der Waals surface area contributed by atoms with Crippen LogP contribution in [0.3, 0.4) is 0 Å². The van der Waals surface area contributed by atoms with Gasteiger partial charge in [0.2, 0.25) is 0 Å². The van der Waals surface area contributed by atoms with E-state index in [1.54, 1.807) is 36.4 Å². The SMILES string of the molecule is O=C([O-])c1ccccc1C(=O)O.O=C([O-])c1ccccc1C(=O)O.[NH3+]c1ccccc1O.[NH3+]c1ccccc1O. The maximum Gasteiger partial charge on any atom is 0.336 e. The van der Waals surface area contributed by atoms with Crippen LogP contribution in [0.15, 0.2) is 97.1 Å². The summed E-state index contributed by atoms with van der Waals surface area (Å²) in [5, 5.41) is 55.5. The fraction of sp³-hybridized carbons (Fsp3) is 0. The van der Waals surface area contributed by atoms with Crippen molar-refractivity contribution in [1.82, 2.24) is 0 Å². The molecule has 0 amide bonds. The standard InChI is InChI=1S/2C8H6O4.2C6H7NO/c2*9-7(10)5-3-1-2-4-6(5)8(11)12;2*7-5-3-1-2-4-6(5)8/h2*1-4H,(H,9,10)(H,11,12);2*1-4,8H,7H2. The number of carbonyl (C=O) groups excluding carboxylic acids is 2. The molecule has 208 valence electrons. The number of hydrogen-bond donors (Lipinski definition) is 6. The molecule has 0 aliphatic rings. The van der Waals surface area contributed by atoms with E-state index in [1.165, 1.54) is 48.5 Å². The maximum absolute atomic E-state index is 10.4. The first-order valence-corrected chi connectivity index (χ1v) is 11.1. The second kappa shape index (κ2) is 16.2. The first-order chi connectivity index (χ1) is 18.9. The molecule has 0 unspecified atom stereocenters. The first kappa shape index (κ1) is 32.3. The Balaban J connectivity index is 0.000000271. The second-order valence-electron chi connectivity index (χ2n) is 7.53. The van der Waals surface area contributed by atoms with E-state index >= 15 is 0 Å². The van der Waals surface area contributed by atoms with Crippen molar-refractivity contribution in [2.24, 2.45) is 0 Å². The Kier molecular flexibility index (Phi) is 13.1. The second-order valence-corrected chi connectivity index (χ2v) is 7.53. The summed E-state index contributed by atoms with van der Waals surface area (Å²) in [4.78, 5) is 41.6. The van der Waals surface area contributed by atoms with Crippen LogP contribution in [0.5, 0.6) is 11.5 Å². The number of quaternary nitrogens is 2. The molecule has 0 aliphatic heterocycles. The van der Waals surface area contributed by atoms with Crippen molar-refractivity contribution < 1.29 is 61.3 Å². The van der Waals surface area contributed by atoms with Crippen LogP contribution in [0.1, 0.15) is 41.4 Å². The van der Waals surface area contributed by atoms with Gasteiger partial charge < -0.3 is 51.7 Å². The van der Waals surface area contributed by atoms with Crippen LogP contribution >= 0.6 is 0 Å². The number of carbonyl (C=O) groups is 4. The number of aromatic carboxylic acids is 4. The van der Waals surface area contributed by atoms with Gasteiger partial charge in [-0.15, -0.1) is 0 Å². The zero-order valence-corrected chi connectivity index (χ0v) is 20.9. The quantitative estimate of drug-likeness (QED) is 0.199. The molecule has 0 spiro atoms. The van der Waals surface area contributed by atoms with Crippen molar-refractivity contribution in [1.29, 1.82) is 0 Å². The van der Waals surface area contributed by atoms with Gasteiger partial charge in [0.1, 0.15) is 0 Å². The molecule has 0 fully saturated rings. The number of carboxylic acid groups (broad SMARTS) is 4. The van der Waals surface area contributed by atoms with Gasteiger partial charge in [0.05, 0.1) is 23.1 Å². The number of aromatic hydroxyl groups is 2. The minimum atomic E-state index is -1.48. The van der Waals surface area contributed by atoms with Crippen molar-refractivity contribution in [2.75, 3.05) is 0 Å².